The molecule has 2 aliphatic carbocycles. The average molecular weight is 462 g/mol. The Balaban J connectivity index is 0.00000208. The predicted octanol–water partition coefficient (Wildman–Crippen LogP) is 3.47. The van der Waals surface area contributed by atoms with E-state index >= 15 is 0 Å². The molecular formula is C18H31IN4S. The number of guanidine groups is 1. The fraction of sp³-hybridized carbons (Fsp3) is 0.722. The molecule has 0 aliphatic heterocycles. The molecule has 0 radical (unpaired) electrons. The number of hydrogen-bond donors (Lipinski definition) is 2. The molecule has 24 heavy (non-hydrogen) atoms. The van der Waals surface area contributed by atoms with E-state index in [4.69, 9.17) is 0 Å². The Morgan fingerprint density at radius 2 is 1.96 bits per heavy atom. The van der Waals surface area contributed by atoms with Crippen molar-refractivity contribution in [3.05, 3.63) is 21.9 Å². The molecule has 0 amide bonds. The van der Waals surface area contributed by atoms with Crippen LogP contribution < -0.4 is 10.6 Å². The minimum Gasteiger partial charge on any atom is -0.355 e. The number of nitrogens with one attached hydrogen (secondary N) is 2. The van der Waals surface area contributed by atoms with Crippen molar-refractivity contribution in [2.75, 3.05) is 26.7 Å². The minimum absolute atomic E-state index is 0. The molecule has 0 saturated heterocycles. The van der Waals surface area contributed by atoms with Gasteiger partial charge >= 0.3 is 0 Å². The van der Waals surface area contributed by atoms with Gasteiger partial charge in [-0.05, 0) is 50.2 Å². The summed E-state index contributed by atoms with van der Waals surface area (Å²) >= 11 is 1.89. The van der Waals surface area contributed by atoms with Crippen LogP contribution in [0.25, 0.3) is 0 Å². The lowest BCUT2D eigenvalue weighted by Gasteiger charge is -2.22. The number of hydrogen-bond acceptors (Lipinski definition) is 3. The lowest BCUT2D eigenvalue weighted by Crippen LogP contribution is -2.42. The van der Waals surface area contributed by atoms with Crippen molar-refractivity contribution in [2.24, 2.45) is 10.9 Å². The number of thiophene rings is 1. The highest BCUT2D eigenvalue weighted by atomic mass is 127. The minimum atomic E-state index is 0. The summed E-state index contributed by atoms with van der Waals surface area (Å²) in [5.41, 5.74) is 0. The first-order valence-electron chi connectivity index (χ1n) is 9.04. The van der Waals surface area contributed by atoms with Crippen molar-refractivity contribution in [1.29, 1.82) is 0 Å². The fourth-order valence-electron chi connectivity index (χ4n) is 2.91. The van der Waals surface area contributed by atoms with E-state index in [0.29, 0.717) is 0 Å². The molecule has 0 unspecified atom stereocenters. The molecule has 0 bridgehead atoms. The summed E-state index contributed by atoms with van der Waals surface area (Å²) in [6.07, 6.45) is 6.81. The van der Waals surface area contributed by atoms with Crippen LogP contribution in [0.1, 0.15) is 42.4 Å². The summed E-state index contributed by atoms with van der Waals surface area (Å²) in [5, 5.41) is 6.89. The van der Waals surface area contributed by atoms with Crippen molar-refractivity contribution in [2.45, 2.75) is 51.6 Å². The number of aryl methyl sites for hydroxylation is 1. The normalized spacial score (nSPS) is 17.7. The van der Waals surface area contributed by atoms with Gasteiger partial charge in [-0.2, -0.15) is 0 Å². The number of rotatable bonds is 9. The van der Waals surface area contributed by atoms with Gasteiger partial charge in [0.05, 0.1) is 6.54 Å². The highest BCUT2D eigenvalue weighted by Gasteiger charge is 2.33. The Morgan fingerprint density at radius 3 is 2.54 bits per heavy atom. The van der Waals surface area contributed by atoms with E-state index in [1.807, 2.05) is 18.4 Å². The maximum Gasteiger partial charge on any atom is 0.191 e. The average Bonchev–Trinajstić information content (AvgIpc) is 3.48. The second kappa shape index (κ2) is 9.97. The maximum atomic E-state index is 4.34. The van der Waals surface area contributed by atoms with E-state index in [2.05, 4.69) is 39.6 Å². The zero-order valence-electron chi connectivity index (χ0n) is 14.9. The molecule has 0 spiro atoms. The maximum absolute atomic E-state index is 4.34. The van der Waals surface area contributed by atoms with E-state index in [0.717, 1.165) is 44.0 Å². The van der Waals surface area contributed by atoms with Crippen LogP contribution in [0, 0.1) is 5.92 Å². The van der Waals surface area contributed by atoms with Gasteiger partial charge in [-0.25, -0.2) is 0 Å². The molecule has 1 heterocycles. The van der Waals surface area contributed by atoms with Gasteiger partial charge in [0.2, 0.25) is 0 Å². The van der Waals surface area contributed by atoms with Crippen LogP contribution in [0.2, 0.25) is 0 Å². The molecule has 6 heteroatoms. The van der Waals surface area contributed by atoms with Gasteiger partial charge in [0.15, 0.2) is 5.96 Å². The second-order valence-electron chi connectivity index (χ2n) is 6.74. The number of nitrogens with zero attached hydrogens (tertiary/aromatic N) is 2. The third-order valence-corrected chi connectivity index (χ3v) is 5.89. The van der Waals surface area contributed by atoms with Crippen LogP contribution in [0.15, 0.2) is 17.1 Å². The summed E-state index contributed by atoms with van der Waals surface area (Å²) in [6.45, 7) is 6.50. The zero-order valence-corrected chi connectivity index (χ0v) is 18.0. The first-order chi connectivity index (χ1) is 11.3. The summed E-state index contributed by atoms with van der Waals surface area (Å²) < 4.78 is 0. The molecule has 2 fully saturated rings. The summed E-state index contributed by atoms with van der Waals surface area (Å²) in [6, 6.07) is 5.31. The van der Waals surface area contributed by atoms with E-state index in [9.17, 15) is 0 Å². The molecule has 136 valence electrons. The van der Waals surface area contributed by atoms with Crippen LogP contribution in [0.3, 0.4) is 0 Å². The smallest absolute Gasteiger partial charge is 0.191 e. The molecule has 1 aromatic rings. The third-order valence-electron chi connectivity index (χ3n) is 4.66. The van der Waals surface area contributed by atoms with Gasteiger partial charge in [0.1, 0.15) is 0 Å². The van der Waals surface area contributed by atoms with Gasteiger partial charge in [0.25, 0.3) is 0 Å². The van der Waals surface area contributed by atoms with Crippen molar-refractivity contribution in [1.82, 2.24) is 15.5 Å². The molecule has 4 nitrogen and oxygen atoms in total. The standard InChI is InChI=1S/C18H30N4S.HI/c1-3-16-8-9-17(23-16)12-21-18(19-2)20-10-11-22(15-6-7-15)13-14-4-5-14;/h8-9,14-15H,3-7,10-13H2,1-2H3,(H2,19,20,21);1H. The van der Waals surface area contributed by atoms with Crippen LogP contribution in [-0.4, -0.2) is 43.6 Å². The first-order valence-corrected chi connectivity index (χ1v) is 9.86. The summed E-state index contributed by atoms with van der Waals surface area (Å²) in [5.74, 6) is 1.90. The Hall–Kier alpha value is -0.340. The van der Waals surface area contributed by atoms with Crippen molar-refractivity contribution in [3.8, 4) is 0 Å². The van der Waals surface area contributed by atoms with Gasteiger partial charge in [0, 0.05) is 42.5 Å². The molecule has 2 saturated carbocycles. The van der Waals surface area contributed by atoms with Gasteiger partial charge in [-0.1, -0.05) is 6.92 Å². The van der Waals surface area contributed by atoms with E-state index in [-0.39, 0.29) is 24.0 Å². The van der Waals surface area contributed by atoms with Crippen LogP contribution in [-0.2, 0) is 13.0 Å². The fourth-order valence-corrected chi connectivity index (χ4v) is 3.81. The molecule has 0 aromatic carbocycles. The molecule has 1 aromatic heterocycles. The van der Waals surface area contributed by atoms with Crippen LogP contribution >= 0.6 is 35.3 Å². The quantitative estimate of drug-likeness (QED) is 0.336. The lowest BCUT2D eigenvalue weighted by molar-refractivity contribution is 0.256. The Labute approximate surface area is 167 Å². The van der Waals surface area contributed by atoms with Crippen LogP contribution in [0.5, 0.6) is 0 Å². The lowest BCUT2D eigenvalue weighted by atomic mass is 10.3. The number of aliphatic imine (C=N–C) groups is 1. The van der Waals surface area contributed by atoms with Crippen molar-refractivity contribution in [3.63, 3.8) is 0 Å². The highest BCUT2D eigenvalue weighted by molar-refractivity contribution is 14.0. The first kappa shape index (κ1) is 20.0. The number of halogens is 1. The van der Waals surface area contributed by atoms with E-state index < -0.39 is 0 Å². The molecule has 2 N–H and O–H groups in total. The Bertz CT molecular complexity index is 523. The molecule has 2 aliphatic rings. The molecular weight excluding hydrogens is 431 g/mol. The SMILES string of the molecule is CCc1ccc(CNC(=NC)NCCN(CC2CC2)C2CC2)s1.I. The summed E-state index contributed by atoms with van der Waals surface area (Å²) in [7, 11) is 1.85. The predicted molar refractivity (Wildman–Crippen MR) is 115 cm³/mol. The largest absolute Gasteiger partial charge is 0.355 e. The van der Waals surface area contributed by atoms with E-state index in [1.165, 1.54) is 42.0 Å². The van der Waals surface area contributed by atoms with Crippen molar-refractivity contribution >= 4 is 41.3 Å². The summed E-state index contributed by atoms with van der Waals surface area (Å²) in [4.78, 5) is 9.85. The highest BCUT2D eigenvalue weighted by Crippen LogP contribution is 2.34. The monoisotopic (exact) mass is 462 g/mol. The van der Waals surface area contributed by atoms with Crippen LogP contribution in [0.4, 0.5) is 0 Å². The van der Waals surface area contributed by atoms with Gasteiger partial charge < -0.3 is 10.6 Å². The molecule has 0 atom stereocenters. The molecule has 3 rings (SSSR count). The zero-order chi connectivity index (χ0) is 16.1. The van der Waals surface area contributed by atoms with Crippen molar-refractivity contribution < 1.29 is 0 Å². The third kappa shape index (κ3) is 6.52. The van der Waals surface area contributed by atoms with Gasteiger partial charge in [-0.15, -0.1) is 35.3 Å². The van der Waals surface area contributed by atoms with E-state index in [1.54, 1.807) is 0 Å². The van der Waals surface area contributed by atoms with Gasteiger partial charge in [-0.3, -0.25) is 9.89 Å². The Kier molecular flexibility index (Phi) is 8.30. The Morgan fingerprint density at radius 1 is 1.21 bits per heavy atom. The second-order valence-corrected chi connectivity index (χ2v) is 8.00. The topological polar surface area (TPSA) is 39.7 Å².